The lowest BCUT2D eigenvalue weighted by atomic mass is 10.2. The van der Waals surface area contributed by atoms with Crippen LogP contribution >= 0.6 is 0 Å². The molecule has 0 spiro atoms. The van der Waals surface area contributed by atoms with Gasteiger partial charge in [0.2, 0.25) is 0 Å². The van der Waals surface area contributed by atoms with E-state index >= 15 is 0 Å². The molecule has 0 amide bonds. The van der Waals surface area contributed by atoms with Crippen LogP contribution in [0.4, 0.5) is 0 Å². The second-order valence-electron chi connectivity index (χ2n) is 2.82. The third-order valence-electron chi connectivity index (χ3n) is 1.57. The molecule has 0 aliphatic carbocycles. The summed E-state index contributed by atoms with van der Waals surface area (Å²) in [7, 11) is 0. The molecule has 0 fully saturated rings. The van der Waals surface area contributed by atoms with Gasteiger partial charge in [-0.2, -0.15) is 0 Å². The first-order valence-electron chi connectivity index (χ1n) is 3.74. The molecule has 1 heterocycles. The molecule has 1 rings (SSSR count). The number of hydrogen-bond donors (Lipinski definition) is 1. The number of aliphatic hydroxyl groups excluding tert-OH is 1. The van der Waals surface area contributed by atoms with Crippen LogP contribution in [0.2, 0.25) is 0 Å². The zero-order chi connectivity index (χ0) is 8.27. The van der Waals surface area contributed by atoms with Gasteiger partial charge in [-0.3, -0.25) is 0 Å². The van der Waals surface area contributed by atoms with E-state index in [2.05, 4.69) is 10.3 Å². The van der Waals surface area contributed by atoms with Gasteiger partial charge in [-0.15, -0.1) is 5.10 Å². The highest BCUT2D eigenvalue weighted by atomic mass is 16.3. The second-order valence-corrected chi connectivity index (χ2v) is 2.82. The van der Waals surface area contributed by atoms with E-state index in [4.69, 9.17) is 5.11 Å². The minimum absolute atomic E-state index is 0.220. The van der Waals surface area contributed by atoms with Crippen molar-refractivity contribution in [3.05, 3.63) is 12.4 Å². The summed E-state index contributed by atoms with van der Waals surface area (Å²) in [5.74, 6) is 0. The van der Waals surface area contributed by atoms with Crippen LogP contribution in [-0.4, -0.2) is 26.2 Å². The normalized spacial score (nSPS) is 16.3. The van der Waals surface area contributed by atoms with Gasteiger partial charge in [0.05, 0.1) is 18.3 Å². The van der Waals surface area contributed by atoms with Crippen molar-refractivity contribution in [1.29, 1.82) is 0 Å². The van der Waals surface area contributed by atoms with E-state index in [1.165, 1.54) is 0 Å². The van der Waals surface area contributed by atoms with Gasteiger partial charge in [-0.05, 0) is 20.3 Å². The van der Waals surface area contributed by atoms with Crippen molar-refractivity contribution in [2.45, 2.75) is 32.4 Å². The second kappa shape index (κ2) is 3.48. The van der Waals surface area contributed by atoms with Crippen molar-refractivity contribution < 1.29 is 5.11 Å². The van der Waals surface area contributed by atoms with Crippen molar-refractivity contribution in [2.75, 3.05) is 0 Å². The highest BCUT2D eigenvalue weighted by Crippen LogP contribution is 2.09. The molecule has 0 radical (unpaired) electrons. The van der Waals surface area contributed by atoms with Gasteiger partial charge in [0.15, 0.2) is 0 Å². The van der Waals surface area contributed by atoms with E-state index in [1.54, 1.807) is 24.0 Å². The first-order valence-corrected chi connectivity index (χ1v) is 3.74. The summed E-state index contributed by atoms with van der Waals surface area (Å²) < 4.78 is 1.74. The largest absolute Gasteiger partial charge is 0.393 e. The van der Waals surface area contributed by atoms with Crippen molar-refractivity contribution in [3.63, 3.8) is 0 Å². The number of rotatable bonds is 3. The molecule has 1 aromatic heterocycles. The lowest BCUT2D eigenvalue weighted by Crippen LogP contribution is -2.12. The quantitative estimate of drug-likeness (QED) is 0.695. The Kier molecular flexibility index (Phi) is 2.59. The Labute approximate surface area is 65.8 Å². The third kappa shape index (κ3) is 2.31. The lowest BCUT2D eigenvalue weighted by Gasteiger charge is -2.12. The Bertz CT molecular complexity index is 195. The maximum atomic E-state index is 9.06. The van der Waals surface area contributed by atoms with Crippen LogP contribution in [0, 0.1) is 0 Å². The summed E-state index contributed by atoms with van der Waals surface area (Å²) in [6.45, 7) is 3.77. The standard InChI is InChI=1S/C7H13N3O/c1-6(5-7(2)11)10-4-3-8-9-10/h3-4,6-7,11H,5H2,1-2H3. The van der Waals surface area contributed by atoms with E-state index in [0.29, 0.717) is 6.42 Å². The summed E-state index contributed by atoms with van der Waals surface area (Å²) >= 11 is 0. The topological polar surface area (TPSA) is 50.9 Å². The Hall–Kier alpha value is -0.900. The predicted molar refractivity (Wildman–Crippen MR) is 41.0 cm³/mol. The molecule has 0 aliphatic rings. The fraction of sp³-hybridized carbons (Fsp3) is 0.714. The predicted octanol–water partition coefficient (Wildman–Crippen LogP) is 0.610. The zero-order valence-electron chi connectivity index (χ0n) is 6.81. The van der Waals surface area contributed by atoms with Crippen LogP contribution in [-0.2, 0) is 0 Å². The molecule has 4 nitrogen and oxygen atoms in total. The van der Waals surface area contributed by atoms with Crippen LogP contribution in [0.15, 0.2) is 12.4 Å². The van der Waals surface area contributed by atoms with Crippen LogP contribution in [0.5, 0.6) is 0 Å². The fourth-order valence-corrected chi connectivity index (χ4v) is 1.05. The minimum atomic E-state index is -0.283. The number of hydrogen-bond acceptors (Lipinski definition) is 3. The fourth-order valence-electron chi connectivity index (χ4n) is 1.05. The molecule has 11 heavy (non-hydrogen) atoms. The Morgan fingerprint density at radius 2 is 2.27 bits per heavy atom. The molecule has 2 unspecified atom stereocenters. The highest BCUT2D eigenvalue weighted by Gasteiger charge is 2.07. The minimum Gasteiger partial charge on any atom is -0.393 e. The highest BCUT2D eigenvalue weighted by molar-refractivity contribution is 4.70. The maximum absolute atomic E-state index is 9.06. The molecule has 0 saturated carbocycles. The summed E-state index contributed by atoms with van der Waals surface area (Å²) in [5.41, 5.74) is 0. The van der Waals surface area contributed by atoms with E-state index in [1.807, 2.05) is 6.92 Å². The van der Waals surface area contributed by atoms with Gasteiger partial charge in [0.25, 0.3) is 0 Å². The van der Waals surface area contributed by atoms with Gasteiger partial charge < -0.3 is 5.11 Å². The van der Waals surface area contributed by atoms with Gasteiger partial charge in [0.1, 0.15) is 0 Å². The molecule has 1 N–H and O–H groups in total. The van der Waals surface area contributed by atoms with Crippen LogP contribution in [0.25, 0.3) is 0 Å². The molecular weight excluding hydrogens is 142 g/mol. The summed E-state index contributed by atoms with van der Waals surface area (Å²) in [6.07, 6.45) is 3.86. The first-order chi connectivity index (χ1) is 5.20. The van der Waals surface area contributed by atoms with Crippen LogP contribution < -0.4 is 0 Å². The summed E-state index contributed by atoms with van der Waals surface area (Å²) in [4.78, 5) is 0. The van der Waals surface area contributed by atoms with Crippen LogP contribution in [0.1, 0.15) is 26.3 Å². The van der Waals surface area contributed by atoms with Crippen molar-refractivity contribution in [3.8, 4) is 0 Å². The van der Waals surface area contributed by atoms with Crippen LogP contribution in [0.3, 0.4) is 0 Å². The smallest absolute Gasteiger partial charge is 0.0693 e. The monoisotopic (exact) mass is 155 g/mol. The molecular formula is C7H13N3O. The van der Waals surface area contributed by atoms with Gasteiger partial charge in [0, 0.05) is 6.20 Å². The molecule has 0 bridgehead atoms. The first kappa shape index (κ1) is 8.20. The Morgan fingerprint density at radius 1 is 1.55 bits per heavy atom. The molecule has 62 valence electrons. The molecule has 4 heteroatoms. The number of nitrogens with zero attached hydrogens (tertiary/aromatic N) is 3. The van der Waals surface area contributed by atoms with Gasteiger partial charge in [-0.25, -0.2) is 4.68 Å². The lowest BCUT2D eigenvalue weighted by molar-refractivity contribution is 0.162. The molecule has 0 aromatic carbocycles. The maximum Gasteiger partial charge on any atom is 0.0693 e. The van der Waals surface area contributed by atoms with Crippen molar-refractivity contribution >= 4 is 0 Å². The molecule has 1 aromatic rings. The van der Waals surface area contributed by atoms with Gasteiger partial charge >= 0.3 is 0 Å². The van der Waals surface area contributed by atoms with E-state index in [0.717, 1.165) is 0 Å². The van der Waals surface area contributed by atoms with E-state index in [-0.39, 0.29) is 12.1 Å². The van der Waals surface area contributed by atoms with E-state index < -0.39 is 0 Å². The molecule has 2 atom stereocenters. The Morgan fingerprint density at radius 3 is 2.73 bits per heavy atom. The van der Waals surface area contributed by atoms with Crippen molar-refractivity contribution in [2.24, 2.45) is 0 Å². The van der Waals surface area contributed by atoms with Crippen molar-refractivity contribution in [1.82, 2.24) is 15.0 Å². The number of aromatic nitrogens is 3. The summed E-state index contributed by atoms with van der Waals surface area (Å²) in [5, 5.41) is 16.6. The molecule has 0 saturated heterocycles. The zero-order valence-corrected chi connectivity index (χ0v) is 6.81. The Balaban J connectivity index is 2.49. The summed E-state index contributed by atoms with van der Waals surface area (Å²) in [6, 6.07) is 0.220. The van der Waals surface area contributed by atoms with Gasteiger partial charge in [-0.1, -0.05) is 5.21 Å². The average molecular weight is 155 g/mol. The average Bonchev–Trinajstić information content (AvgIpc) is 2.35. The SMILES string of the molecule is CC(O)CC(C)n1ccnn1. The van der Waals surface area contributed by atoms with E-state index in [9.17, 15) is 0 Å². The number of aliphatic hydroxyl groups is 1. The third-order valence-corrected chi connectivity index (χ3v) is 1.57. The molecule has 0 aliphatic heterocycles.